The summed E-state index contributed by atoms with van der Waals surface area (Å²) < 4.78 is 1.15. The predicted octanol–water partition coefficient (Wildman–Crippen LogP) is 3.98. The summed E-state index contributed by atoms with van der Waals surface area (Å²) in [6.07, 6.45) is 0. The largest absolute Gasteiger partial charge is 0.311 e. The van der Waals surface area contributed by atoms with E-state index >= 15 is 0 Å². The number of halogens is 1. The molecular weight excluding hydrogens is 324 g/mol. The molecule has 21 heavy (non-hydrogen) atoms. The van der Waals surface area contributed by atoms with E-state index in [-0.39, 0.29) is 0 Å². The van der Waals surface area contributed by atoms with Gasteiger partial charge in [0.05, 0.1) is 0 Å². The zero-order valence-corrected chi connectivity index (χ0v) is 13.9. The lowest BCUT2D eigenvalue weighted by Crippen LogP contribution is -2.50. The van der Waals surface area contributed by atoms with E-state index in [4.69, 9.17) is 0 Å². The Hall–Kier alpha value is -1.16. The average molecular weight is 345 g/mol. The second kappa shape index (κ2) is 6.73. The molecule has 110 valence electrons. The Kier molecular flexibility index (Phi) is 4.73. The molecule has 1 N–H and O–H groups in total. The topological polar surface area (TPSA) is 15.3 Å². The summed E-state index contributed by atoms with van der Waals surface area (Å²) in [5.41, 5.74) is 2.76. The van der Waals surface area contributed by atoms with Gasteiger partial charge in [-0.15, -0.1) is 0 Å². The van der Waals surface area contributed by atoms with Crippen molar-refractivity contribution in [3.63, 3.8) is 0 Å². The number of nitrogens with zero attached hydrogens (tertiary/aromatic N) is 1. The van der Waals surface area contributed by atoms with E-state index in [1.807, 2.05) is 0 Å². The van der Waals surface area contributed by atoms with Crippen LogP contribution in [0.5, 0.6) is 0 Å². The summed E-state index contributed by atoms with van der Waals surface area (Å²) in [5, 5.41) is 3.61. The Morgan fingerprint density at radius 3 is 2.71 bits per heavy atom. The van der Waals surface area contributed by atoms with Crippen LogP contribution < -0.4 is 5.32 Å². The predicted molar refractivity (Wildman–Crippen MR) is 91.2 cm³/mol. The number of piperazine rings is 1. The van der Waals surface area contributed by atoms with Gasteiger partial charge in [-0.1, -0.05) is 58.4 Å². The maximum Gasteiger partial charge on any atom is 0.0476 e. The second-order valence-corrected chi connectivity index (χ2v) is 6.71. The number of hydrogen-bond acceptors (Lipinski definition) is 2. The quantitative estimate of drug-likeness (QED) is 0.905. The molecule has 1 aliphatic rings. The molecule has 2 aromatic carbocycles. The molecule has 3 rings (SSSR count). The first kappa shape index (κ1) is 14.8. The molecule has 2 unspecified atom stereocenters. The molecule has 1 saturated heterocycles. The SMILES string of the molecule is CC1CN(Cc2cccc(Br)c2)C(c2ccccc2)CN1. The van der Waals surface area contributed by atoms with E-state index in [9.17, 15) is 0 Å². The van der Waals surface area contributed by atoms with Crippen molar-refractivity contribution in [2.75, 3.05) is 13.1 Å². The normalized spacial score (nSPS) is 23.1. The van der Waals surface area contributed by atoms with E-state index in [0.717, 1.165) is 24.1 Å². The third kappa shape index (κ3) is 3.73. The van der Waals surface area contributed by atoms with E-state index in [1.165, 1.54) is 11.1 Å². The summed E-state index contributed by atoms with van der Waals surface area (Å²) in [6, 6.07) is 20.4. The average Bonchev–Trinajstić information content (AvgIpc) is 2.48. The summed E-state index contributed by atoms with van der Waals surface area (Å²) in [7, 11) is 0. The van der Waals surface area contributed by atoms with Crippen molar-refractivity contribution in [1.29, 1.82) is 0 Å². The van der Waals surface area contributed by atoms with Crippen LogP contribution in [0.4, 0.5) is 0 Å². The lowest BCUT2D eigenvalue weighted by molar-refractivity contribution is 0.127. The van der Waals surface area contributed by atoms with Crippen molar-refractivity contribution < 1.29 is 0 Å². The highest BCUT2D eigenvalue weighted by Gasteiger charge is 2.26. The van der Waals surface area contributed by atoms with Crippen LogP contribution in [0.2, 0.25) is 0 Å². The van der Waals surface area contributed by atoms with E-state index in [0.29, 0.717) is 12.1 Å². The van der Waals surface area contributed by atoms with Gasteiger partial charge in [0.1, 0.15) is 0 Å². The molecule has 0 saturated carbocycles. The van der Waals surface area contributed by atoms with Gasteiger partial charge in [0.25, 0.3) is 0 Å². The molecule has 1 fully saturated rings. The van der Waals surface area contributed by atoms with Gasteiger partial charge in [-0.25, -0.2) is 0 Å². The zero-order valence-electron chi connectivity index (χ0n) is 12.3. The molecule has 0 aliphatic carbocycles. The summed E-state index contributed by atoms with van der Waals surface area (Å²) >= 11 is 3.57. The van der Waals surface area contributed by atoms with Crippen molar-refractivity contribution in [2.45, 2.75) is 25.6 Å². The lowest BCUT2D eigenvalue weighted by atomic mass is 10.0. The Labute approximate surface area is 135 Å². The molecule has 0 amide bonds. The van der Waals surface area contributed by atoms with Gasteiger partial charge < -0.3 is 5.32 Å². The number of rotatable bonds is 3. The highest BCUT2D eigenvalue weighted by molar-refractivity contribution is 9.10. The minimum atomic E-state index is 0.446. The Morgan fingerprint density at radius 1 is 1.14 bits per heavy atom. The second-order valence-electron chi connectivity index (χ2n) is 5.80. The summed E-state index contributed by atoms with van der Waals surface area (Å²) in [4.78, 5) is 2.58. The molecule has 0 bridgehead atoms. The molecule has 0 aromatic heterocycles. The van der Waals surface area contributed by atoms with Crippen molar-refractivity contribution in [1.82, 2.24) is 10.2 Å². The van der Waals surface area contributed by atoms with Crippen LogP contribution in [0, 0.1) is 0 Å². The smallest absolute Gasteiger partial charge is 0.0476 e. The Balaban J connectivity index is 1.82. The fourth-order valence-electron chi connectivity index (χ4n) is 3.03. The molecular formula is C18H21BrN2. The van der Waals surface area contributed by atoms with Crippen molar-refractivity contribution in [3.05, 3.63) is 70.2 Å². The summed E-state index contributed by atoms with van der Waals surface area (Å²) in [6.45, 7) is 5.34. The van der Waals surface area contributed by atoms with Gasteiger partial charge in [0.2, 0.25) is 0 Å². The Bertz CT molecular complexity index is 585. The molecule has 2 atom stereocenters. The number of nitrogens with one attached hydrogen (secondary N) is 1. The van der Waals surface area contributed by atoms with Crippen LogP contribution in [-0.2, 0) is 6.54 Å². The third-order valence-corrected chi connectivity index (χ3v) is 4.56. The van der Waals surface area contributed by atoms with Crippen molar-refractivity contribution in [2.24, 2.45) is 0 Å². The maximum absolute atomic E-state index is 3.61. The first-order valence-corrected chi connectivity index (χ1v) is 8.28. The van der Waals surface area contributed by atoms with Crippen LogP contribution in [-0.4, -0.2) is 24.0 Å². The van der Waals surface area contributed by atoms with Gasteiger partial charge in [-0.2, -0.15) is 0 Å². The lowest BCUT2D eigenvalue weighted by Gasteiger charge is -2.39. The van der Waals surface area contributed by atoms with Crippen LogP contribution in [0.25, 0.3) is 0 Å². The molecule has 2 aromatic rings. The highest BCUT2D eigenvalue weighted by atomic mass is 79.9. The molecule has 1 aliphatic heterocycles. The van der Waals surface area contributed by atoms with Gasteiger partial charge in [0, 0.05) is 36.2 Å². The first-order valence-electron chi connectivity index (χ1n) is 7.49. The molecule has 2 nitrogen and oxygen atoms in total. The zero-order chi connectivity index (χ0) is 14.7. The fourth-order valence-corrected chi connectivity index (χ4v) is 3.48. The van der Waals surface area contributed by atoms with Gasteiger partial charge in [-0.3, -0.25) is 4.90 Å². The molecule has 3 heteroatoms. The Morgan fingerprint density at radius 2 is 1.95 bits per heavy atom. The van der Waals surface area contributed by atoms with Crippen molar-refractivity contribution in [3.8, 4) is 0 Å². The van der Waals surface area contributed by atoms with E-state index in [2.05, 4.69) is 87.7 Å². The van der Waals surface area contributed by atoms with E-state index < -0.39 is 0 Å². The van der Waals surface area contributed by atoms with E-state index in [1.54, 1.807) is 0 Å². The summed E-state index contributed by atoms with van der Waals surface area (Å²) in [5.74, 6) is 0. The molecule has 0 radical (unpaired) electrons. The van der Waals surface area contributed by atoms with Crippen LogP contribution in [0.1, 0.15) is 24.1 Å². The fraction of sp³-hybridized carbons (Fsp3) is 0.333. The van der Waals surface area contributed by atoms with Crippen LogP contribution >= 0.6 is 15.9 Å². The number of hydrogen-bond donors (Lipinski definition) is 1. The van der Waals surface area contributed by atoms with Gasteiger partial charge >= 0.3 is 0 Å². The van der Waals surface area contributed by atoms with Gasteiger partial charge in [0.15, 0.2) is 0 Å². The molecule has 1 heterocycles. The maximum atomic E-state index is 3.61. The molecule has 0 spiro atoms. The van der Waals surface area contributed by atoms with Gasteiger partial charge in [-0.05, 0) is 30.2 Å². The van der Waals surface area contributed by atoms with Crippen molar-refractivity contribution >= 4 is 15.9 Å². The van der Waals surface area contributed by atoms with Crippen LogP contribution in [0.3, 0.4) is 0 Å². The standard InChI is InChI=1S/C18H21BrN2/c1-14-12-21(13-15-6-5-9-17(19)10-15)18(11-20-14)16-7-3-2-4-8-16/h2-10,14,18,20H,11-13H2,1H3. The minimum Gasteiger partial charge on any atom is -0.311 e. The highest BCUT2D eigenvalue weighted by Crippen LogP contribution is 2.26. The number of benzene rings is 2. The first-order chi connectivity index (χ1) is 10.2. The third-order valence-electron chi connectivity index (χ3n) is 4.07. The minimum absolute atomic E-state index is 0.446. The van der Waals surface area contributed by atoms with Crippen LogP contribution in [0.15, 0.2) is 59.1 Å². The monoisotopic (exact) mass is 344 g/mol.